The van der Waals surface area contributed by atoms with Crippen LogP contribution >= 0.6 is 0 Å². The summed E-state index contributed by atoms with van der Waals surface area (Å²) in [5, 5.41) is 0. The van der Waals surface area contributed by atoms with E-state index in [9.17, 15) is 0 Å². The molecule has 2 nitrogen and oxygen atoms in total. The molecule has 1 aliphatic rings. The van der Waals surface area contributed by atoms with E-state index in [-0.39, 0.29) is 0 Å². The lowest BCUT2D eigenvalue weighted by atomic mass is 10.2. The fourth-order valence-electron chi connectivity index (χ4n) is 1.50. The predicted molar refractivity (Wildman–Crippen MR) is 41.8 cm³/mol. The minimum atomic E-state index is 0.419. The van der Waals surface area contributed by atoms with Gasteiger partial charge in [-0.2, -0.15) is 0 Å². The molecule has 0 aromatic rings. The van der Waals surface area contributed by atoms with Crippen LogP contribution in [-0.2, 0) is 4.74 Å². The summed E-state index contributed by atoms with van der Waals surface area (Å²) in [6, 6.07) is 0.468. The van der Waals surface area contributed by atoms with Crippen molar-refractivity contribution >= 4 is 0 Å². The molecule has 2 heteroatoms. The molecule has 10 heavy (non-hydrogen) atoms. The molecule has 0 aromatic carbocycles. The highest BCUT2D eigenvalue weighted by molar-refractivity contribution is 4.86. The Morgan fingerprint density at radius 1 is 1.70 bits per heavy atom. The third-order valence-electron chi connectivity index (χ3n) is 2.23. The maximum atomic E-state index is 5.23. The largest absolute Gasteiger partial charge is 0.380 e. The Morgan fingerprint density at radius 3 is 2.70 bits per heavy atom. The molecule has 1 saturated heterocycles. The first-order valence-corrected chi connectivity index (χ1v) is 3.87. The van der Waals surface area contributed by atoms with E-state index >= 15 is 0 Å². The van der Waals surface area contributed by atoms with E-state index < -0.39 is 0 Å². The van der Waals surface area contributed by atoms with E-state index in [2.05, 4.69) is 18.7 Å². The van der Waals surface area contributed by atoms with Gasteiger partial charge in [-0.05, 0) is 19.9 Å². The Morgan fingerprint density at radius 2 is 2.40 bits per heavy atom. The number of hydrogen-bond donors (Lipinski definition) is 0. The van der Waals surface area contributed by atoms with Crippen LogP contribution in [0.3, 0.4) is 0 Å². The molecule has 0 bridgehead atoms. The summed E-state index contributed by atoms with van der Waals surface area (Å²) in [7, 11) is 1.77. The van der Waals surface area contributed by atoms with Crippen LogP contribution in [0, 0.1) is 6.92 Å². The smallest absolute Gasteiger partial charge is 0.0713 e. The number of ether oxygens (including phenoxy) is 1. The summed E-state index contributed by atoms with van der Waals surface area (Å²) in [4.78, 5) is 2.34. The molecule has 2 unspecified atom stereocenters. The number of rotatable bonds is 2. The number of methoxy groups -OCH3 is 1. The highest BCUT2D eigenvalue weighted by Gasteiger charge is 2.27. The molecule has 1 heterocycles. The Kier molecular flexibility index (Phi) is 2.69. The van der Waals surface area contributed by atoms with E-state index in [1.165, 1.54) is 0 Å². The van der Waals surface area contributed by atoms with Gasteiger partial charge in [-0.25, -0.2) is 0 Å². The molecule has 0 aliphatic carbocycles. The Balaban J connectivity index is 2.36. The van der Waals surface area contributed by atoms with Crippen LogP contribution in [0.15, 0.2) is 0 Å². The molecule has 0 saturated carbocycles. The average Bonchev–Trinajstić information content (AvgIpc) is 2.30. The number of nitrogens with zero attached hydrogens (tertiary/aromatic N) is 1. The predicted octanol–water partition coefficient (Wildman–Crippen LogP) is 0.930. The summed E-state index contributed by atoms with van der Waals surface area (Å²) < 4.78 is 5.23. The highest BCUT2D eigenvalue weighted by atomic mass is 16.5. The molecule has 0 N–H and O–H groups in total. The minimum Gasteiger partial charge on any atom is -0.380 e. The van der Waals surface area contributed by atoms with Gasteiger partial charge in [0.05, 0.1) is 6.10 Å². The van der Waals surface area contributed by atoms with Crippen molar-refractivity contribution in [2.75, 3.05) is 20.2 Å². The first-order valence-electron chi connectivity index (χ1n) is 3.87. The lowest BCUT2D eigenvalue weighted by molar-refractivity contribution is 0.109. The van der Waals surface area contributed by atoms with Crippen molar-refractivity contribution in [1.82, 2.24) is 4.90 Å². The van der Waals surface area contributed by atoms with Crippen LogP contribution in [0.4, 0.5) is 0 Å². The average molecular weight is 142 g/mol. The lowest BCUT2D eigenvalue weighted by Gasteiger charge is -2.17. The van der Waals surface area contributed by atoms with Crippen LogP contribution in [0.1, 0.15) is 13.3 Å². The Hall–Kier alpha value is -0.0800. The van der Waals surface area contributed by atoms with Crippen LogP contribution in [-0.4, -0.2) is 37.2 Å². The summed E-state index contributed by atoms with van der Waals surface area (Å²) in [5.41, 5.74) is 0. The van der Waals surface area contributed by atoms with E-state index in [1.807, 2.05) is 0 Å². The van der Waals surface area contributed by atoms with Crippen molar-refractivity contribution in [3.05, 3.63) is 6.92 Å². The van der Waals surface area contributed by atoms with Gasteiger partial charge in [-0.15, -0.1) is 0 Å². The molecule has 2 atom stereocenters. The lowest BCUT2D eigenvalue weighted by Crippen LogP contribution is -2.27. The molecule has 59 valence electrons. The standard InChI is InChI=1S/C8H16NO/c1-4-9-6-8(10-3)5-7(9)2/h7-8H,2,4-6H2,1,3H3. The number of likely N-dealkylation sites (tertiary alicyclic amines) is 1. The molecule has 1 radical (unpaired) electrons. The van der Waals surface area contributed by atoms with Crippen molar-refractivity contribution in [3.8, 4) is 0 Å². The monoisotopic (exact) mass is 142 g/mol. The quantitative estimate of drug-likeness (QED) is 0.568. The molecular formula is C8H16NO. The molecule has 0 spiro atoms. The van der Waals surface area contributed by atoms with Crippen molar-refractivity contribution in [2.24, 2.45) is 0 Å². The van der Waals surface area contributed by atoms with Crippen molar-refractivity contribution < 1.29 is 4.74 Å². The summed E-state index contributed by atoms with van der Waals surface area (Å²) in [5.74, 6) is 0. The zero-order chi connectivity index (χ0) is 7.56. The second kappa shape index (κ2) is 3.35. The molecule has 1 fully saturated rings. The topological polar surface area (TPSA) is 12.5 Å². The van der Waals surface area contributed by atoms with Crippen LogP contribution in [0.25, 0.3) is 0 Å². The second-order valence-corrected chi connectivity index (χ2v) is 2.83. The Labute approximate surface area is 63.2 Å². The van der Waals surface area contributed by atoms with E-state index in [4.69, 9.17) is 4.74 Å². The molecule has 0 amide bonds. The first kappa shape index (κ1) is 8.02. The van der Waals surface area contributed by atoms with E-state index in [0.29, 0.717) is 12.1 Å². The molecule has 1 rings (SSSR count). The molecular weight excluding hydrogens is 126 g/mol. The third kappa shape index (κ3) is 1.50. The fraction of sp³-hybridized carbons (Fsp3) is 0.875. The van der Waals surface area contributed by atoms with Gasteiger partial charge in [0.1, 0.15) is 0 Å². The van der Waals surface area contributed by atoms with Gasteiger partial charge >= 0.3 is 0 Å². The van der Waals surface area contributed by atoms with Crippen molar-refractivity contribution in [3.63, 3.8) is 0 Å². The molecule has 0 aromatic heterocycles. The maximum Gasteiger partial charge on any atom is 0.0713 e. The third-order valence-corrected chi connectivity index (χ3v) is 2.23. The fourth-order valence-corrected chi connectivity index (χ4v) is 1.50. The maximum absolute atomic E-state index is 5.23. The van der Waals surface area contributed by atoms with Gasteiger partial charge < -0.3 is 4.74 Å². The Bertz CT molecular complexity index is 105. The number of hydrogen-bond acceptors (Lipinski definition) is 2. The van der Waals surface area contributed by atoms with E-state index in [1.54, 1.807) is 7.11 Å². The SMILES string of the molecule is [CH2]C1CC(OC)CN1CC. The van der Waals surface area contributed by atoms with Gasteiger partial charge in [0.25, 0.3) is 0 Å². The zero-order valence-electron chi connectivity index (χ0n) is 6.84. The van der Waals surface area contributed by atoms with Crippen LogP contribution < -0.4 is 0 Å². The summed E-state index contributed by atoms with van der Waals surface area (Å²) >= 11 is 0. The van der Waals surface area contributed by atoms with Gasteiger partial charge in [0, 0.05) is 19.7 Å². The van der Waals surface area contributed by atoms with E-state index in [0.717, 1.165) is 19.5 Å². The summed E-state index contributed by atoms with van der Waals surface area (Å²) in [6.45, 7) is 8.34. The van der Waals surface area contributed by atoms with Gasteiger partial charge in [-0.1, -0.05) is 6.92 Å². The van der Waals surface area contributed by atoms with Gasteiger partial charge in [0.15, 0.2) is 0 Å². The van der Waals surface area contributed by atoms with Crippen LogP contribution in [0.2, 0.25) is 0 Å². The second-order valence-electron chi connectivity index (χ2n) is 2.83. The van der Waals surface area contributed by atoms with Gasteiger partial charge in [-0.3, -0.25) is 4.90 Å². The zero-order valence-corrected chi connectivity index (χ0v) is 6.84. The normalized spacial score (nSPS) is 35.1. The first-order chi connectivity index (χ1) is 4.77. The van der Waals surface area contributed by atoms with Crippen LogP contribution in [0.5, 0.6) is 0 Å². The van der Waals surface area contributed by atoms with Crippen molar-refractivity contribution in [1.29, 1.82) is 0 Å². The highest BCUT2D eigenvalue weighted by Crippen LogP contribution is 2.17. The molecule has 1 aliphatic heterocycles. The van der Waals surface area contributed by atoms with Gasteiger partial charge in [0.2, 0.25) is 0 Å². The number of likely N-dealkylation sites (N-methyl/N-ethyl adjacent to an activating group) is 1. The summed E-state index contributed by atoms with van der Waals surface area (Å²) in [6.07, 6.45) is 1.51. The van der Waals surface area contributed by atoms with Crippen molar-refractivity contribution in [2.45, 2.75) is 25.5 Å². The minimum absolute atomic E-state index is 0.419.